The van der Waals surface area contributed by atoms with Gasteiger partial charge in [0.2, 0.25) is 11.0 Å². The molecule has 0 saturated heterocycles. The van der Waals surface area contributed by atoms with Gasteiger partial charge in [-0.15, -0.1) is 10.2 Å². The summed E-state index contributed by atoms with van der Waals surface area (Å²) in [5.41, 5.74) is 2.97. The first-order chi connectivity index (χ1) is 15.6. The molecule has 2 heterocycles. The zero-order valence-corrected chi connectivity index (χ0v) is 18.4. The highest BCUT2D eigenvalue weighted by molar-refractivity contribution is 7.99. The number of nitrogens with zero attached hydrogens (tertiary/aromatic N) is 3. The van der Waals surface area contributed by atoms with Crippen molar-refractivity contribution in [3.05, 3.63) is 48.0 Å². The molecule has 0 radical (unpaired) electrons. The maximum Gasteiger partial charge on any atom is 0.341 e. The van der Waals surface area contributed by atoms with Crippen LogP contribution < -0.4 is 19.5 Å². The van der Waals surface area contributed by atoms with Gasteiger partial charge in [0.1, 0.15) is 0 Å². The van der Waals surface area contributed by atoms with Gasteiger partial charge in [-0.2, -0.15) is 4.98 Å². The van der Waals surface area contributed by atoms with Crippen molar-refractivity contribution in [2.75, 3.05) is 24.3 Å². The Labute approximate surface area is 189 Å². The summed E-state index contributed by atoms with van der Waals surface area (Å²) in [6, 6.07) is 12.9. The molecule has 0 unspecified atom stereocenters. The Balaban J connectivity index is 1.73. The maximum absolute atomic E-state index is 10.9. The number of rotatable bonds is 8. The minimum Gasteiger partial charge on any atom is -0.490 e. The number of nitrogens with one attached hydrogen (secondary N) is 1. The van der Waals surface area contributed by atoms with Crippen LogP contribution in [0.1, 0.15) is 25.6 Å². The van der Waals surface area contributed by atoms with Crippen molar-refractivity contribution in [2.24, 2.45) is 0 Å². The zero-order valence-electron chi connectivity index (χ0n) is 17.6. The second kappa shape index (κ2) is 9.73. The van der Waals surface area contributed by atoms with Crippen LogP contribution in [0, 0.1) is 0 Å². The first-order valence-electron chi connectivity index (χ1n) is 10.1. The summed E-state index contributed by atoms with van der Waals surface area (Å²) in [6.07, 6.45) is -0.596. The maximum atomic E-state index is 10.9. The fourth-order valence-corrected chi connectivity index (χ4v) is 3.71. The van der Waals surface area contributed by atoms with Gasteiger partial charge in [0.05, 0.1) is 6.61 Å². The van der Waals surface area contributed by atoms with Crippen molar-refractivity contribution < 1.29 is 24.1 Å². The van der Waals surface area contributed by atoms with E-state index in [9.17, 15) is 4.79 Å². The van der Waals surface area contributed by atoms with Crippen LogP contribution in [0.4, 0.5) is 5.69 Å². The molecule has 3 aromatic rings. The van der Waals surface area contributed by atoms with Crippen molar-refractivity contribution in [1.29, 1.82) is 0 Å². The van der Waals surface area contributed by atoms with Crippen LogP contribution in [0.25, 0.3) is 11.3 Å². The Morgan fingerprint density at radius 2 is 2.00 bits per heavy atom. The fraction of sp³-hybridized carbons (Fsp3) is 0.273. The van der Waals surface area contributed by atoms with Gasteiger partial charge in [-0.1, -0.05) is 36.9 Å². The number of hydrogen-bond donors (Lipinski definition) is 2. The molecular weight excluding hydrogens is 432 g/mol. The van der Waals surface area contributed by atoms with E-state index >= 15 is 0 Å². The molecule has 1 atom stereocenters. The number of benzene rings is 2. The highest BCUT2D eigenvalue weighted by Crippen LogP contribution is 2.40. The van der Waals surface area contributed by atoms with Gasteiger partial charge in [0.25, 0.3) is 0 Å². The smallest absolute Gasteiger partial charge is 0.341 e. The van der Waals surface area contributed by atoms with E-state index in [0.717, 1.165) is 22.6 Å². The van der Waals surface area contributed by atoms with Crippen LogP contribution in [0.3, 0.4) is 0 Å². The molecule has 0 spiro atoms. The Bertz CT molecular complexity index is 1130. The monoisotopic (exact) mass is 454 g/mol. The topological polar surface area (TPSA) is 116 Å². The second-order valence-electron chi connectivity index (χ2n) is 6.69. The zero-order chi connectivity index (χ0) is 22.5. The quantitative estimate of drug-likeness (QED) is 0.484. The first kappa shape index (κ1) is 21.7. The van der Waals surface area contributed by atoms with Crippen LogP contribution in [0.5, 0.6) is 17.4 Å². The van der Waals surface area contributed by atoms with Crippen molar-refractivity contribution in [3.8, 4) is 28.6 Å². The van der Waals surface area contributed by atoms with Gasteiger partial charge < -0.3 is 24.6 Å². The van der Waals surface area contributed by atoms with Crippen LogP contribution in [-0.4, -0.2) is 45.2 Å². The molecule has 2 aromatic carbocycles. The summed E-state index contributed by atoms with van der Waals surface area (Å²) in [7, 11) is 0. The lowest BCUT2D eigenvalue weighted by atomic mass is 10.1. The molecule has 0 saturated carbocycles. The van der Waals surface area contributed by atoms with Gasteiger partial charge in [0.15, 0.2) is 30.0 Å². The van der Waals surface area contributed by atoms with Crippen LogP contribution in [0.2, 0.25) is 0 Å². The molecule has 0 fully saturated rings. The molecule has 32 heavy (non-hydrogen) atoms. The number of hydrogen-bond acceptors (Lipinski definition) is 9. The van der Waals surface area contributed by atoms with E-state index in [0.29, 0.717) is 34.8 Å². The molecule has 0 aliphatic carbocycles. The molecule has 1 aliphatic rings. The molecule has 166 valence electrons. The standard InChI is InChI=1S/C22H22N4O5S/c1-3-29-17-11-13(9-10-16(17)30-12-18(27)28)20-23-15-8-6-5-7-14(15)19-21(31-20)24-22(26-25-19)32-4-2/h5-11,20,23H,3-4,12H2,1-2H3,(H,27,28)/t20-/m0/s1. The largest absolute Gasteiger partial charge is 0.490 e. The molecule has 2 N–H and O–H groups in total. The van der Waals surface area contributed by atoms with E-state index in [-0.39, 0.29) is 0 Å². The predicted molar refractivity (Wildman–Crippen MR) is 119 cm³/mol. The molecule has 0 bridgehead atoms. The lowest BCUT2D eigenvalue weighted by molar-refractivity contribution is -0.139. The van der Waals surface area contributed by atoms with Gasteiger partial charge >= 0.3 is 5.97 Å². The summed E-state index contributed by atoms with van der Waals surface area (Å²) < 4.78 is 17.3. The lowest BCUT2D eigenvalue weighted by Gasteiger charge is -2.21. The summed E-state index contributed by atoms with van der Waals surface area (Å²) >= 11 is 1.48. The first-order valence-corrected chi connectivity index (χ1v) is 11.1. The van der Waals surface area contributed by atoms with Crippen molar-refractivity contribution in [3.63, 3.8) is 0 Å². The summed E-state index contributed by atoms with van der Waals surface area (Å²) in [5, 5.41) is 21.4. The van der Waals surface area contributed by atoms with E-state index in [1.165, 1.54) is 11.8 Å². The Morgan fingerprint density at radius 1 is 1.16 bits per heavy atom. The third-order valence-corrected chi connectivity index (χ3v) is 5.25. The average molecular weight is 455 g/mol. The predicted octanol–water partition coefficient (Wildman–Crippen LogP) is 4.02. The molecule has 9 nitrogen and oxygen atoms in total. The number of carboxylic acid groups (broad SMARTS) is 1. The Kier molecular flexibility index (Phi) is 6.60. The van der Waals surface area contributed by atoms with Crippen LogP contribution in [-0.2, 0) is 4.79 Å². The minimum absolute atomic E-state index is 0.345. The molecule has 10 heteroatoms. The number of aromatic nitrogens is 3. The molecule has 0 amide bonds. The van der Waals surface area contributed by atoms with Crippen molar-refractivity contribution in [1.82, 2.24) is 15.2 Å². The Morgan fingerprint density at radius 3 is 2.78 bits per heavy atom. The normalized spacial score (nSPS) is 14.2. The number of carboxylic acids is 1. The molecule has 1 aliphatic heterocycles. The number of anilines is 1. The number of fused-ring (bicyclic) bond motifs is 3. The number of thioether (sulfide) groups is 1. The molecular formula is C22H22N4O5S. The van der Waals surface area contributed by atoms with Gasteiger partial charge in [-0.3, -0.25) is 0 Å². The number of aliphatic carboxylic acids is 1. The van der Waals surface area contributed by atoms with Crippen molar-refractivity contribution in [2.45, 2.75) is 25.2 Å². The van der Waals surface area contributed by atoms with Crippen LogP contribution >= 0.6 is 11.8 Å². The average Bonchev–Trinajstić information content (AvgIpc) is 2.95. The third kappa shape index (κ3) is 4.70. The number of carbonyl (C=O) groups is 1. The summed E-state index contributed by atoms with van der Waals surface area (Å²) in [4.78, 5) is 15.5. The van der Waals surface area contributed by atoms with Gasteiger partial charge in [-0.25, -0.2) is 4.79 Å². The lowest BCUT2D eigenvalue weighted by Crippen LogP contribution is -2.17. The number of ether oxygens (including phenoxy) is 3. The van der Waals surface area contributed by atoms with E-state index in [4.69, 9.17) is 19.3 Å². The van der Waals surface area contributed by atoms with E-state index in [1.54, 1.807) is 18.2 Å². The summed E-state index contributed by atoms with van der Waals surface area (Å²) in [6.45, 7) is 3.80. The molecule has 4 rings (SSSR count). The fourth-order valence-electron chi connectivity index (χ4n) is 3.20. The molecule has 1 aromatic heterocycles. The third-order valence-electron chi connectivity index (χ3n) is 4.53. The van der Waals surface area contributed by atoms with Crippen LogP contribution in [0.15, 0.2) is 47.6 Å². The van der Waals surface area contributed by atoms with Gasteiger partial charge in [-0.05, 0) is 36.9 Å². The Hall–Kier alpha value is -3.53. The minimum atomic E-state index is -1.06. The van der Waals surface area contributed by atoms with Crippen molar-refractivity contribution >= 4 is 23.4 Å². The second-order valence-corrected chi connectivity index (χ2v) is 7.92. The van der Waals surface area contributed by atoms with E-state index in [2.05, 4.69) is 20.5 Å². The highest BCUT2D eigenvalue weighted by atomic mass is 32.2. The SMILES string of the molecule is CCOc1cc([C@H]2Nc3ccccc3-c3nnc(SCC)nc3O2)ccc1OCC(=O)O. The van der Waals surface area contributed by atoms with E-state index < -0.39 is 18.8 Å². The van der Waals surface area contributed by atoms with Gasteiger partial charge in [0, 0.05) is 16.8 Å². The number of para-hydroxylation sites is 1. The van der Waals surface area contributed by atoms with E-state index in [1.807, 2.05) is 38.1 Å². The summed E-state index contributed by atoms with van der Waals surface area (Å²) in [5.74, 6) is 0.901. The highest BCUT2D eigenvalue weighted by Gasteiger charge is 2.26.